The Morgan fingerprint density at radius 1 is 0.964 bits per heavy atom. The first-order valence-electron chi connectivity index (χ1n) is 9.66. The lowest BCUT2D eigenvalue weighted by molar-refractivity contribution is -0.138. The average Bonchev–Trinajstić information content (AvgIpc) is 2.68. The molecule has 2 aromatic carbocycles. The van der Waals surface area contributed by atoms with Gasteiger partial charge in [0.25, 0.3) is 0 Å². The number of hydrogen-bond acceptors (Lipinski definition) is 3. The number of nitrogens with one attached hydrogen (secondary N) is 1. The Hall–Kier alpha value is -2.27. The molecule has 0 radical (unpaired) electrons. The molecule has 0 heterocycles. The van der Waals surface area contributed by atoms with E-state index in [1.54, 1.807) is 23.6 Å². The zero-order valence-corrected chi connectivity index (χ0v) is 18.0. The van der Waals surface area contributed by atoms with E-state index in [4.69, 9.17) is 0 Å². The summed E-state index contributed by atoms with van der Waals surface area (Å²) in [5.74, 6) is 0.992. The molecule has 0 fully saturated rings. The molecule has 0 aliphatic rings. The Morgan fingerprint density at radius 2 is 1.50 bits per heavy atom. The van der Waals surface area contributed by atoms with E-state index in [-0.39, 0.29) is 11.8 Å². The number of likely N-dealkylation sites (N-methyl/N-ethyl adjacent to an activating group) is 1. The van der Waals surface area contributed by atoms with Crippen LogP contribution in [0.2, 0.25) is 0 Å². The van der Waals surface area contributed by atoms with E-state index in [1.165, 1.54) is 16.7 Å². The molecule has 0 saturated heterocycles. The number of hydrogen-bond donors (Lipinski definition) is 1. The SMILES string of the molecule is CCNC(=O)C(C)N(Cc1ccc(C)cc1)C(=O)CSCc1ccc(C)cc1. The monoisotopic (exact) mass is 398 g/mol. The molecule has 0 spiro atoms. The number of thioether (sulfide) groups is 1. The minimum absolute atomic E-state index is 0.0172. The minimum atomic E-state index is -0.506. The van der Waals surface area contributed by atoms with Gasteiger partial charge >= 0.3 is 0 Å². The summed E-state index contributed by atoms with van der Waals surface area (Å²) in [7, 11) is 0. The molecule has 0 saturated carbocycles. The first-order chi connectivity index (χ1) is 13.4. The summed E-state index contributed by atoms with van der Waals surface area (Å²) < 4.78 is 0. The molecule has 5 heteroatoms. The van der Waals surface area contributed by atoms with Crippen LogP contribution >= 0.6 is 11.8 Å². The summed E-state index contributed by atoms with van der Waals surface area (Å²) in [6.07, 6.45) is 0. The van der Waals surface area contributed by atoms with E-state index in [0.717, 1.165) is 11.3 Å². The number of rotatable bonds is 9. The van der Waals surface area contributed by atoms with E-state index >= 15 is 0 Å². The molecule has 1 N–H and O–H groups in total. The summed E-state index contributed by atoms with van der Waals surface area (Å²) in [6.45, 7) is 8.76. The Balaban J connectivity index is 2.03. The zero-order valence-electron chi connectivity index (χ0n) is 17.2. The zero-order chi connectivity index (χ0) is 20.5. The van der Waals surface area contributed by atoms with Gasteiger partial charge in [-0.1, -0.05) is 59.7 Å². The van der Waals surface area contributed by atoms with Gasteiger partial charge in [-0.15, -0.1) is 11.8 Å². The average molecular weight is 399 g/mol. The van der Waals surface area contributed by atoms with E-state index < -0.39 is 6.04 Å². The summed E-state index contributed by atoms with van der Waals surface area (Å²) in [4.78, 5) is 27.0. The topological polar surface area (TPSA) is 49.4 Å². The third kappa shape index (κ3) is 6.71. The lowest BCUT2D eigenvalue weighted by Gasteiger charge is -2.28. The smallest absolute Gasteiger partial charge is 0.242 e. The Bertz CT molecular complexity index is 772. The highest BCUT2D eigenvalue weighted by Gasteiger charge is 2.25. The molecule has 150 valence electrons. The van der Waals surface area contributed by atoms with Crippen molar-refractivity contribution in [1.29, 1.82) is 0 Å². The van der Waals surface area contributed by atoms with Crippen molar-refractivity contribution >= 4 is 23.6 Å². The summed E-state index contributed by atoms with van der Waals surface area (Å²) in [6, 6.07) is 15.9. The van der Waals surface area contributed by atoms with E-state index in [9.17, 15) is 9.59 Å². The van der Waals surface area contributed by atoms with Crippen molar-refractivity contribution in [3.63, 3.8) is 0 Å². The number of carbonyl (C=O) groups excluding carboxylic acids is 2. The van der Waals surface area contributed by atoms with Gasteiger partial charge in [-0.25, -0.2) is 0 Å². The maximum Gasteiger partial charge on any atom is 0.242 e. The second-order valence-corrected chi connectivity index (χ2v) is 8.04. The van der Waals surface area contributed by atoms with Crippen LogP contribution in [0.4, 0.5) is 0 Å². The highest BCUT2D eigenvalue weighted by Crippen LogP contribution is 2.16. The van der Waals surface area contributed by atoms with Crippen LogP contribution in [0.5, 0.6) is 0 Å². The van der Waals surface area contributed by atoms with Crippen LogP contribution in [0, 0.1) is 13.8 Å². The Labute approximate surface area is 172 Å². The lowest BCUT2D eigenvalue weighted by Crippen LogP contribution is -2.48. The summed E-state index contributed by atoms with van der Waals surface area (Å²) in [5, 5.41) is 2.82. The molecule has 2 aromatic rings. The fraction of sp³-hybridized carbons (Fsp3) is 0.391. The predicted molar refractivity (Wildman–Crippen MR) is 117 cm³/mol. The Morgan fingerprint density at radius 3 is 2.04 bits per heavy atom. The van der Waals surface area contributed by atoms with Gasteiger partial charge in [0, 0.05) is 18.8 Å². The van der Waals surface area contributed by atoms with Crippen molar-refractivity contribution in [3.8, 4) is 0 Å². The van der Waals surface area contributed by atoms with Crippen molar-refractivity contribution in [2.75, 3.05) is 12.3 Å². The quantitative estimate of drug-likeness (QED) is 0.692. The van der Waals surface area contributed by atoms with Crippen LogP contribution in [0.15, 0.2) is 48.5 Å². The first kappa shape index (κ1) is 22.0. The molecule has 2 amide bonds. The first-order valence-corrected chi connectivity index (χ1v) is 10.8. The van der Waals surface area contributed by atoms with E-state index in [0.29, 0.717) is 18.8 Å². The molecule has 1 atom stereocenters. The second-order valence-electron chi connectivity index (χ2n) is 7.06. The van der Waals surface area contributed by atoms with Crippen molar-refractivity contribution < 1.29 is 9.59 Å². The lowest BCUT2D eigenvalue weighted by atomic mass is 10.1. The fourth-order valence-electron chi connectivity index (χ4n) is 2.82. The second kappa shape index (κ2) is 10.9. The molecule has 28 heavy (non-hydrogen) atoms. The number of aryl methyl sites for hydroxylation is 2. The number of benzene rings is 2. The molecule has 2 rings (SSSR count). The van der Waals surface area contributed by atoms with Gasteiger partial charge < -0.3 is 10.2 Å². The van der Waals surface area contributed by atoms with Gasteiger partial charge in [-0.05, 0) is 38.8 Å². The molecular formula is C23H30N2O2S. The van der Waals surface area contributed by atoms with Crippen LogP contribution in [0.1, 0.15) is 36.1 Å². The van der Waals surface area contributed by atoms with Gasteiger partial charge in [0.2, 0.25) is 11.8 Å². The standard InChI is InChI=1S/C23H30N2O2S/c1-5-24-23(27)19(4)25(14-20-10-6-17(2)7-11-20)22(26)16-28-15-21-12-8-18(3)9-13-21/h6-13,19H,5,14-16H2,1-4H3,(H,24,27). The molecule has 0 aromatic heterocycles. The maximum atomic E-state index is 12.9. The molecule has 0 bridgehead atoms. The highest BCUT2D eigenvalue weighted by atomic mass is 32.2. The number of amides is 2. The summed E-state index contributed by atoms with van der Waals surface area (Å²) >= 11 is 1.58. The third-order valence-electron chi connectivity index (χ3n) is 4.61. The molecule has 0 aliphatic heterocycles. The normalized spacial score (nSPS) is 11.7. The van der Waals surface area contributed by atoms with Crippen LogP contribution < -0.4 is 5.32 Å². The van der Waals surface area contributed by atoms with Crippen LogP contribution in [-0.4, -0.2) is 35.1 Å². The predicted octanol–water partition coefficient (Wildman–Crippen LogP) is 4.09. The minimum Gasteiger partial charge on any atom is -0.355 e. The van der Waals surface area contributed by atoms with Crippen molar-refractivity contribution in [2.45, 2.75) is 46.0 Å². The van der Waals surface area contributed by atoms with E-state index in [1.807, 2.05) is 38.1 Å². The van der Waals surface area contributed by atoms with Gasteiger partial charge in [-0.2, -0.15) is 0 Å². The van der Waals surface area contributed by atoms with Gasteiger partial charge in [-0.3, -0.25) is 9.59 Å². The molecule has 0 aliphatic carbocycles. The van der Waals surface area contributed by atoms with Crippen molar-refractivity contribution in [3.05, 3.63) is 70.8 Å². The van der Waals surface area contributed by atoms with Gasteiger partial charge in [0.15, 0.2) is 0 Å². The van der Waals surface area contributed by atoms with Crippen molar-refractivity contribution in [2.24, 2.45) is 0 Å². The molecule has 1 unspecified atom stereocenters. The number of nitrogens with zero attached hydrogens (tertiary/aromatic N) is 1. The Kier molecular flexibility index (Phi) is 8.58. The summed E-state index contributed by atoms with van der Waals surface area (Å²) in [5.41, 5.74) is 4.63. The largest absolute Gasteiger partial charge is 0.355 e. The fourth-order valence-corrected chi connectivity index (χ4v) is 3.69. The van der Waals surface area contributed by atoms with E-state index in [2.05, 4.69) is 36.5 Å². The molecule has 4 nitrogen and oxygen atoms in total. The number of carbonyl (C=O) groups is 2. The maximum absolute atomic E-state index is 12.9. The van der Waals surface area contributed by atoms with Crippen LogP contribution in [-0.2, 0) is 21.9 Å². The van der Waals surface area contributed by atoms with Crippen LogP contribution in [0.25, 0.3) is 0 Å². The third-order valence-corrected chi connectivity index (χ3v) is 5.60. The van der Waals surface area contributed by atoms with Gasteiger partial charge in [0.05, 0.1) is 5.75 Å². The van der Waals surface area contributed by atoms with Crippen LogP contribution in [0.3, 0.4) is 0 Å². The molecular weight excluding hydrogens is 368 g/mol. The van der Waals surface area contributed by atoms with Gasteiger partial charge in [0.1, 0.15) is 6.04 Å². The van der Waals surface area contributed by atoms with Crippen molar-refractivity contribution in [1.82, 2.24) is 10.2 Å². The highest BCUT2D eigenvalue weighted by molar-refractivity contribution is 7.99.